The molecule has 0 aliphatic carbocycles. The van der Waals surface area contributed by atoms with Crippen molar-refractivity contribution < 1.29 is 13.9 Å². The minimum Gasteiger partial charge on any atom is -0.466 e. The molecule has 0 saturated heterocycles. The quantitative estimate of drug-likeness (QED) is 0.590. The molecule has 0 heterocycles. The monoisotopic (exact) mass is 197 g/mol. The Morgan fingerprint density at radius 2 is 2.29 bits per heavy atom. The zero-order valence-electron chi connectivity index (χ0n) is 7.92. The van der Waals surface area contributed by atoms with Crippen LogP contribution >= 0.6 is 0 Å². The lowest BCUT2D eigenvalue weighted by atomic mass is 10.1. The van der Waals surface area contributed by atoms with Crippen LogP contribution in [0.1, 0.15) is 12.5 Å². The molecule has 0 radical (unpaired) electrons. The lowest BCUT2D eigenvalue weighted by Crippen LogP contribution is -2.03. The maximum atomic E-state index is 12.7. The van der Waals surface area contributed by atoms with Crippen LogP contribution < -0.4 is 5.73 Å². The van der Waals surface area contributed by atoms with Crippen molar-refractivity contribution in [3.8, 4) is 0 Å². The van der Waals surface area contributed by atoms with Gasteiger partial charge in [0.25, 0.3) is 0 Å². The van der Waals surface area contributed by atoms with E-state index in [1.165, 1.54) is 13.0 Å². The fourth-order valence-electron chi connectivity index (χ4n) is 1.06. The summed E-state index contributed by atoms with van der Waals surface area (Å²) in [5, 5.41) is 0. The Kier molecular flexibility index (Phi) is 3.45. The van der Waals surface area contributed by atoms with Crippen LogP contribution in [0.15, 0.2) is 18.2 Å². The number of hydrogen-bond donors (Lipinski definition) is 1. The molecule has 2 N–H and O–H groups in total. The fourth-order valence-corrected chi connectivity index (χ4v) is 1.06. The first-order valence-electron chi connectivity index (χ1n) is 4.27. The van der Waals surface area contributed by atoms with E-state index >= 15 is 0 Å². The maximum absolute atomic E-state index is 12.7. The van der Waals surface area contributed by atoms with Crippen LogP contribution in [0, 0.1) is 5.82 Å². The van der Waals surface area contributed by atoms with E-state index in [-0.39, 0.29) is 11.7 Å². The van der Waals surface area contributed by atoms with Gasteiger partial charge in [-0.3, -0.25) is 4.79 Å². The number of hydrogen-bond acceptors (Lipinski definition) is 3. The van der Waals surface area contributed by atoms with Gasteiger partial charge in [-0.25, -0.2) is 4.39 Å². The van der Waals surface area contributed by atoms with Crippen LogP contribution in [-0.2, 0) is 16.0 Å². The topological polar surface area (TPSA) is 52.3 Å². The van der Waals surface area contributed by atoms with Crippen molar-refractivity contribution in [2.45, 2.75) is 13.3 Å². The summed E-state index contributed by atoms with van der Waals surface area (Å²) < 4.78 is 17.5. The van der Waals surface area contributed by atoms with Crippen molar-refractivity contribution in [2.24, 2.45) is 0 Å². The molecule has 0 saturated carbocycles. The number of carbonyl (C=O) groups excluding carboxylic acids is 1. The largest absolute Gasteiger partial charge is 0.466 e. The van der Waals surface area contributed by atoms with Crippen molar-refractivity contribution in [1.82, 2.24) is 0 Å². The molecule has 1 rings (SSSR count). The predicted molar refractivity (Wildman–Crippen MR) is 51.1 cm³/mol. The van der Waals surface area contributed by atoms with Gasteiger partial charge in [0.1, 0.15) is 5.82 Å². The number of rotatable bonds is 3. The molecular formula is C10H12FNO2. The first kappa shape index (κ1) is 10.5. The van der Waals surface area contributed by atoms with E-state index in [9.17, 15) is 9.18 Å². The average molecular weight is 197 g/mol. The third kappa shape index (κ3) is 3.05. The van der Waals surface area contributed by atoms with Crippen LogP contribution in [0.3, 0.4) is 0 Å². The molecule has 0 fully saturated rings. The van der Waals surface area contributed by atoms with E-state index in [0.717, 1.165) is 5.56 Å². The number of nitrogens with two attached hydrogens (primary N) is 1. The molecule has 3 nitrogen and oxygen atoms in total. The van der Waals surface area contributed by atoms with Gasteiger partial charge >= 0.3 is 5.97 Å². The molecule has 76 valence electrons. The summed E-state index contributed by atoms with van der Waals surface area (Å²) in [6.45, 7) is 1.64. The Balaban J connectivity index is 2.51. The molecule has 0 spiro atoms. The Hall–Kier alpha value is -1.58. The van der Waals surface area contributed by atoms with Crippen molar-refractivity contribution >= 4 is 11.7 Å². The lowest BCUT2D eigenvalue weighted by molar-refractivity contribution is -0.140. The van der Waals surface area contributed by atoms with Crippen molar-refractivity contribution in [2.75, 3.05) is 12.3 Å². The van der Waals surface area contributed by atoms with E-state index in [4.69, 9.17) is 10.5 Å². The zero-order chi connectivity index (χ0) is 10.6. The van der Waals surface area contributed by atoms with E-state index < -0.39 is 5.82 Å². The second-order valence-corrected chi connectivity index (χ2v) is 2.95. The van der Waals surface area contributed by atoms with E-state index in [1.54, 1.807) is 12.1 Å². The maximum Gasteiger partial charge on any atom is 0.302 e. The Labute approximate surface area is 81.7 Å². The van der Waals surface area contributed by atoms with Crippen LogP contribution in [0.2, 0.25) is 0 Å². The summed E-state index contributed by atoms with van der Waals surface area (Å²) in [7, 11) is 0. The van der Waals surface area contributed by atoms with Gasteiger partial charge in [-0.15, -0.1) is 0 Å². The highest BCUT2D eigenvalue weighted by Gasteiger charge is 2.00. The summed E-state index contributed by atoms with van der Waals surface area (Å²) in [5.74, 6) is -0.749. The normalized spacial score (nSPS) is 9.86. The molecule has 0 unspecified atom stereocenters. The van der Waals surface area contributed by atoms with Gasteiger partial charge in [-0.05, 0) is 17.7 Å². The van der Waals surface area contributed by atoms with Gasteiger partial charge < -0.3 is 10.5 Å². The highest BCUT2D eigenvalue weighted by Crippen LogP contribution is 2.12. The summed E-state index contributed by atoms with van der Waals surface area (Å²) in [4.78, 5) is 10.4. The molecule has 0 aliphatic heterocycles. The highest BCUT2D eigenvalue weighted by molar-refractivity contribution is 5.65. The summed E-state index contributed by atoms with van der Waals surface area (Å²) in [5.41, 5.74) is 6.34. The van der Waals surface area contributed by atoms with E-state index in [2.05, 4.69) is 0 Å². The van der Waals surface area contributed by atoms with Crippen molar-refractivity contribution in [3.63, 3.8) is 0 Å². The average Bonchev–Trinajstić information content (AvgIpc) is 2.10. The van der Waals surface area contributed by atoms with Gasteiger partial charge in [0, 0.05) is 13.3 Å². The number of nitrogen functional groups attached to an aromatic ring is 1. The van der Waals surface area contributed by atoms with Gasteiger partial charge in [-0.2, -0.15) is 0 Å². The predicted octanol–water partition coefficient (Wildman–Crippen LogP) is 1.51. The second-order valence-electron chi connectivity index (χ2n) is 2.95. The molecule has 0 aliphatic rings. The summed E-state index contributed by atoms with van der Waals surface area (Å²) in [6.07, 6.45) is 0.546. The number of carbonyl (C=O) groups is 1. The standard InChI is InChI=1S/C10H12FNO2/c1-7(13)14-5-4-8-2-3-9(11)10(12)6-8/h2-3,6H,4-5,12H2,1H3. The molecule has 0 atom stereocenters. The van der Waals surface area contributed by atoms with Crippen LogP contribution in [0.4, 0.5) is 10.1 Å². The minimum atomic E-state index is -0.429. The van der Waals surface area contributed by atoms with Gasteiger partial charge in [-0.1, -0.05) is 6.07 Å². The van der Waals surface area contributed by atoms with Crippen molar-refractivity contribution in [1.29, 1.82) is 0 Å². The third-order valence-corrected chi connectivity index (χ3v) is 1.76. The van der Waals surface area contributed by atoms with Gasteiger partial charge in [0.2, 0.25) is 0 Å². The Morgan fingerprint density at radius 1 is 1.57 bits per heavy atom. The van der Waals surface area contributed by atoms with Gasteiger partial charge in [0.05, 0.1) is 12.3 Å². The zero-order valence-corrected chi connectivity index (χ0v) is 7.92. The number of ether oxygens (including phenoxy) is 1. The molecule has 0 bridgehead atoms. The number of anilines is 1. The number of benzene rings is 1. The smallest absolute Gasteiger partial charge is 0.302 e. The number of halogens is 1. The first-order valence-corrected chi connectivity index (χ1v) is 4.27. The second kappa shape index (κ2) is 4.60. The highest BCUT2D eigenvalue weighted by atomic mass is 19.1. The fraction of sp³-hybridized carbons (Fsp3) is 0.300. The minimum absolute atomic E-state index is 0.116. The Morgan fingerprint density at radius 3 is 2.86 bits per heavy atom. The molecule has 1 aromatic rings. The van der Waals surface area contributed by atoms with Crippen LogP contribution in [0.25, 0.3) is 0 Å². The molecular weight excluding hydrogens is 185 g/mol. The number of esters is 1. The lowest BCUT2D eigenvalue weighted by Gasteiger charge is -2.03. The van der Waals surface area contributed by atoms with E-state index in [1.807, 2.05) is 0 Å². The van der Waals surface area contributed by atoms with Crippen LogP contribution in [0.5, 0.6) is 0 Å². The summed E-state index contributed by atoms with van der Waals surface area (Å²) in [6, 6.07) is 4.46. The van der Waals surface area contributed by atoms with Gasteiger partial charge in [0.15, 0.2) is 0 Å². The SMILES string of the molecule is CC(=O)OCCc1ccc(F)c(N)c1. The van der Waals surface area contributed by atoms with Crippen molar-refractivity contribution in [3.05, 3.63) is 29.6 Å². The third-order valence-electron chi connectivity index (χ3n) is 1.76. The summed E-state index contributed by atoms with van der Waals surface area (Å²) >= 11 is 0. The molecule has 0 amide bonds. The molecule has 0 aromatic heterocycles. The molecule has 14 heavy (non-hydrogen) atoms. The van der Waals surface area contributed by atoms with Crippen LogP contribution in [-0.4, -0.2) is 12.6 Å². The molecule has 4 heteroatoms. The molecule has 1 aromatic carbocycles. The Bertz CT molecular complexity index is 339. The first-order chi connectivity index (χ1) is 6.59. The van der Waals surface area contributed by atoms with E-state index in [0.29, 0.717) is 13.0 Å².